The van der Waals surface area contributed by atoms with Gasteiger partial charge in [-0.1, -0.05) is 67.6 Å². The number of rotatable bonds is 6. The maximum absolute atomic E-state index is 10.6. The first kappa shape index (κ1) is 14.7. The molecule has 3 nitrogen and oxygen atoms in total. The molecule has 0 aliphatic heterocycles. The van der Waals surface area contributed by atoms with Gasteiger partial charge in [0.05, 0.1) is 12.5 Å². The van der Waals surface area contributed by atoms with Gasteiger partial charge in [-0.25, -0.2) is 0 Å². The van der Waals surface area contributed by atoms with Gasteiger partial charge in [0.15, 0.2) is 0 Å². The summed E-state index contributed by atoms with van der Waals surface area (Å²) in [6.45, 7) is 2.17. The molecule has 0 aliphatic carbocycles. The summed E-state index contributed by atoms with van der Waals surface area (Å²) in [6, 6.07) is 19.4. The van der Waals surface area contributed by atoms with Gasteiger partial charge >= 0.3 is 0 Å². The summed E-state index contributed by atoms with van der Waals surface area (Å²) in [7, 11) is 1.45. The molecule has 0 unspecified atom stereocenters. The molecule has 2 aromatic rings. The van der Waals surface area contributed by atoms with Crippen LogP contribution >= 0.6 is 0 Å². The van der Waals surface area contributed by atoms with Gasteiger partial charge in [-0.3, -0.25) is 0 Å². The summed E-state index contributed by atoms with van der Waals surface area (Å²) in [4.78, 5) is 0. The minimum Gasteiger partial charge on any atom is -0.343 e. The van der Waals surface area contributed by atoms with Crippen LogP contribution in [0.4, 0.5) is 0 Å². The average Bonchev–Trinajstić information content (AvgIpc) is 2.53. The zero-order chi connectivity index (χ0) is 14.4. The molecule has 2 atom stereocenters. The molecule has 0 amide bonds. The standard InChI is InChI=1S/C17H20O3/c1-14(16-11-7-4-8-12-16)17(18,19-2)20-13-15-9-5-3-6-10-15/h3-12,14,18H,13H2,1-2H3/t14-,17+/m0/s1. The van der Waals surface area contributed by atoms with E-state index in [0.29, 0.717) is 6.61 Å². The Morgan fingerprint density at radius 3 is 2.10 bits per heavy atom. The van der Waals surface area contributed by atoms with Crippen molar-refractivity contribution in [2.75, 3.05) is 7.11 Å². The van der Waals surface area contributed by atoms with Crippen LogP contribution in [-0.4, -0.2) is 18.2 Å². The summed E-state index contributed by atoms with van der Waals surface area (Å²) in [5.74, 6) is -1.94. The van der Waals surface area contributed by atoms with Crippen LogP contribution in [0.1, 0.15) is 24.0 Å². The zero-order valence-electron chi connectivity index (χ0n) is 11.8. The van der Waals surface area contributed by atoms with Crippen molar-refractivity contribution in [3.8, 4) is 0 Å². The Hall–Kier alpha value is -1.68. The lowest BCUT2D eigenvalue weighted by Crippen LogP contribution is -2.40. The Morgan fingerprint density at radius 1 is 1.00 bits per heavy atom. The van der Waals surface area contributed by atoms with E-state index in [-0.39, 0.29) is 5.92 Å². The molecule has 0 radical (unpaired) electrons. The van der Waals surface area contributed by atoms with Gasteiger partial charge in [-0.05, 0) is 11.1 Å². The maximum Gasteiger partial charge on any atom is 0.287 e. The lowest BCUT2D eigenvalue weighted by Gasteiger charge is -2.32. The summed E-state index contributed by atoms with van der Waals surface area (Å²) in [6.07, 6.45) is 0. The topological polar surface area (TPSA) is 38.7 Å². The van der Waals surface area contributed by atoms with Crippen molar-refractivity contribution in [1.29, 1.82) is 0 Å². The molecule has 0 bridgehead atoms. The van der Waals surface area contributed by atoms with Gasteiger partial charge in [0.2, 0.25) is 0 Å². The van der Waals surface area contributed by atoms with Crippen molar-refractivity contribution < 1.29 is 14.6 Å². The normalized spacial score (nSPS) is 15.6. The molecule has 0 spiro atoms. The lowest BCUT2D eigenvalue weighted by molar-refractivity contribution is -0.365. The molecule has 2 aromatic carbocycles. The fourth-order valence-corrected chi connectivity index (χ4v) is 2.07. The summed E-state index contributed by atoms with van der Waals surface area (Å²) in [5, 5.41) is 10.6. The Bertz CT molecular complexity index is 512. The SMILES string of the molecule is CO[C@@](O)(OCc1ccccc1)[C@@H](C)c1ccccc1. The average molecular weight is 272 g/mol. The molecule has 0 saturated carbocycles. The van der Waals surface area contributed by atoms with E-state index in [2.05, 4.69) is 0 Å². The lowest BCUT2D eigenvalue weighted by atomic mass is 9.99. The highest BCUT2D eigenvalue weighted by Gasteiger charge is 2.36. The largest absolute Gasteiger partial charge is 0.343 e. The second-order valence-electron chi connectivity index (χ2n) is 4.74. The Kier molecular flexibility index (Phi) is 4.90. The summed E-state index contributed by atoms with van der Waals surface area (Å²) >= 11 is 0. The molecular weight excluding hydrogens is 252 g/mol. The Balaban J connectivity index is 2.09. The second-order valence-corrected chi connectivity index (χ2v) is 4.74. The van der Waals surface area contributed by atoms with Crippen LogP contribution in [0, 0.1) is 0 Å². The minimum absolute atomic E-state index is 0.294. The molecule has 0 saturated heterocycles. The van der Waals surface area contributed by atoms with E-state index in [1.165, 1.54) is 7.11 Å². The monoisotopic (exact) mass is 272 g/mol. The van der Waals surface area contributed by atoms with Crippen LogP contribution in [-0.2, 0) is 16.1 Å². The molecule has 0 aliphatic rings. The van der Waals surface area contributed by atoms with Crippen molar-refractivity contribution in [3.05, 3.63) is 71.8 Å². The number of aliphatic hydroxyl groups is 1. The van der Waals surface area contributed by atoms with Crippen LogP contribution in [0.3, 0.4) is 0 Å². The number of methoxy groups -OCH3 is 1. The molecule has 0 fully saturated rings. The zero-order valence-corrected chi connectivity index (χ0v) is 11.8. The molecule has 2 rings (SSSR count). The number of benzene rings is 2. The van der Waals surface area contributed by atoms with E-state index in [9.17, 15) is 5.11 Å². The molecule has 0 aromatic heterocycles. The molecule has 106 valence electrons. The number of ether oxygens (including phenoxy) is 2. The van der Waals surface area contributed by atoms with Gasteiger partial charge in [-0.15, -0.1) is 0 Å². The third-order valence-electron chi connectivity index (χ3n) is 3.43. The Morgan fingerprint density at radius 2 is 1.55 bits per heavy atom. The van der Waals surface area contributed by atoms with Crippen molar-refractivity contribution in [1.82, 2.24) is 0 Å². The van der Waals surface area contributed by atoms with Crippen LogP contribution in [0.5, 0.6) is 0 Å². The quantitative estimate of drug-likeness (QED) is 0.820. The molecule has 1 N–H and O–H groups in total. The van der Waals surface area contributed by atoms with E-state index in [1.54, 1.807) is 0 Å². The van der Waals surface area contributed by atoms with Crippen LogP contribution < -0.4 is 0 Å². The molecular formula is C17H20O3. The predicted octanol–water partition coefficient (Wildman–Crippen LogP) is 3.30. The van der Waals surface area contributed by atoms with Crippen LogP contribution in [0.15, 0.2) is 60.7 Å². The highest BCUT2D eigenvalue weighted by Crippen LogP contribution is 2.30. The van der Waals surface area contributed by atoms with Crippen LogP contribution in [0.25, 0.3) is 0 Å². The fraction of sp³-hybridized carbons (Fsp3) is 0.294. The summed E-state index contributed by atoms with van der Waals surface area (Å²) in [5.41, 5.74) is 1.95. The van der Waals surface area contributed by atoms with Crippen molar-refractivity contribution >= 4 is 0 Å². The molecule has 20 heavy (non-hydrogen) atoms. The van der Waals surface area contributed by atoms with Gasteiger partial charge < -0.3 is 14.6 Å². The Labute approximate surface area is 119 Å². The highest BCUT2D eigenvalue weighted by molar-refractivity contribution is 5.20. The smallest absolute Gasteiger partial charge is 0.287 e. The van der Waals surface area contributed by atoms with E-state index < -0.39 is 5.97 Å². The van der Waals surface area contributed by atoms with E-state index in [1.807, 2.05) is 67.6 Å². The van der Waals surface area contributed by atoms with Gasteiger partial charge in [-0.2, -0.15) is 0 Å². The first-order chi connectivity index (χ1) is 9.65. The predicted molar refractivity (Wildman–Crippen MR) is 78.0 cm³/mol. The molecule has 3 heteroatoms. The third-order valence-corrected chi connectivity index (χ3v) is 3.43. The van der Waals surface area contributed by atoms with E-state index >= 15 is 0 Å². The van der Waals surface area contributed by atoms with Crippen molar-refractivity contribution in [2.45, 2.75) is 25.4 Å². The minimum atomic E-state index is -1.64. The first-order valence-electron chi connectivity index (χ1n) is 6.66. The summed E-state index contributed by atoms with van der Waals surface area (Å²) < 4.78 is 10.8. The van der Waals surface area contributed by atoms with E-state index in [0.717, 1.165) is 11.1 Å². The van der Waals surface area contributed by atoms with Crippen molar-refractivity contribution in [3.63, 3.8) is 0 Å². The van der Waals surface area contributed by atoms with Crippen molar-refractivity contribution in [2.24, 2.45) is 0 Å². The second kappa shape index (κ2) is 6.66. The number of hydrogen-bond donors (Lipinski definition) is 1. The molecule has 0 heterocycles. The maximum atomic E-state index is 10.6. The number of hydrogen-bond acceptors (Lipinski definition) is 3. The van der Waals surface area contributed by atoms with Crippen LogP contribution in [0.2, 0.25) is 0 Å². The van der Waals surface area contributed by atoms with E-state index in [4.69, 9.17) is 9.47 Å². The highest BCUT2D eigenvalue weighted by atomic mass is 16.8. The van der Waals surface area contributed by atoms with Gasteiger partial charge in [0, 0.05) is 7.11 Å². The van der Waals surface area contributed by atoms with Gasteiger partial charge in [0.25, 0.3) is 5.97 Å². The van der Waals surface area contributed by atoms with Gasteiger partial charge in [0.1, 0.15) is 0 Å². The first-order valence-corrected chi connectivity index (χ1v) is 6.66. The fourth-order valence-electron chi connectivity index (χ4n) is 2.07. The third kappa shape index (κ3) is 3.45.